The molecule has 1 unspecified atom stereocenters. The van der Waals surface area contributed by atoms with Crippen molar-refractivity contribution in [3.05, 3.63) is 0 Å². The van der Waals surface area contributed by atoms with Crippen LogP contribution >= 0.6 is 0 Å². The number of ether oxygens (including phenoxy) is 1. The minimum Gasteiger partial charge on any atom is -0.377 e. The zero-order valence-electron chi connectivity index (χ0n) is 9.54. The molecule has 0 aromatic rings. The molecule has 0 radical (unpaired) electrons. The van der Waals surface area contributed by atoms with Gasteiger partial charge in [-0.15, -0.1) is 0 Å². The molecule has 0 amide bonds. The summed E-state index contributed by atoms with van der Waals surface area (Å²) in [6.45, 7) is 9.62. The maximum absolute atomic E-state index is 5.73. The molecule has 0 aromatic heterocycles. The number of nitrogens with two attached hydrogens (primary N) is 1. The summed E-state index contributed by atoms with van der Waals surface area (Å²) in [6.07, 6.45) is 2.64. The molecule has 3 nitrogen and oxygen atoms in total. The van der Waals surface area contributed by atoms with Crippen molar-refractivity contribution < 1.29 is 4.74 Å². The van der Waals surface area contributed by atoms with Crippen molar-refractivity contribution in [2.75, 3.05) is 32.8 Å². The highest BCUT2D eigenvalue weighted by atomic mass is 16.5. The Kier molecular flexibility index (Phi) is 5.45. The average Bonchev–Trinajstić information content (AvgIpc) is 2.52. The average molecular weight is 200 g/mol. The van der Waals surface area contributed by atoms with Crippen LogP contribution in [0.1, 0.15) is 26.7 Å². The fourth-order valence-corrected chi connectivity index (χ4v) is 1.95. The van der Waals surface area contributed by atoms with E-state index < -0.39 is 0 Å². The van der Waals surface area contributed by atoms with Gasteiger partial charge in [0.25, 0.3) is 0 Å². The monoisotopic (exact) mass is 200 g/mol. The van der Waals surface area contributed by atoms with Crippen LogP contribution in [0.4, 0.5) is 0 Å². The summed E-state index contributed by atoms with van der Waals surface area (Å²) in [4.78, 5) is 2.50. The number of rotatable bonds is 6. The van der Waals surface area contributed by atoms with Gasteiger partial charge < -0.3 is 15.4 Å². The van der Waals surface area contributed by atoms with E-state index in [1.54, 1.807) is 0 Å². The molecule has 1 aliphatic rings. The molecule has 0 bridgehead atoms. The van der Waals surface area contributed by atoms with Gasteiger partial charge in [0.05, 0.1) is 6.10 Å². The SMILES string of the molecule is CC(C)CN1CCC(OCCCN)C1. The number of hydrogen-bond donors (Lipinski definition) is 1. The van der Waals surface area contributed by atoms with Crippen molar-refractivity contribution in [3.8, 4) is 0 Å². The lowest BCUT2D eigenvalue weighted by molar-refractivity contribution is 0.0577. The molecule has 1 aliphatic heterocycles. The Morgan fingerprint density at radius 3 is 2.93 bits per heavy atom. The molecule has 14 heavy (non-hydrogen) atoms. The van der Waals surface area contributed by atoms with Gasteiger partial charge in [0.15, 0.2) is 0 Å². The highest BCUT2D eigenvalue weighted by Gasteiger charge is 2.22. The van der Waals surface area contributed by atoms with Crippen LogP contribution in [0.2, 0.25) is 0 Å². The van der Waals surface area contributed by atoms with Gasteiger partial charge in [-0.1, -0.05) is 13.8 Å². The van der Waals surface area contributed by atoms with Crippen LogP contribution in [0.15, 0.2) is 0 Å². The summed E-state index contributed by atoms with van der Waals surface area (Å²) in [5, 5.41) is 0. The first-order valence-electron chi connectivity index (χ1n) is 5.76. The molecule has 1 atom stereocenters. The second-order valence-electron chi connectivity index (χ2n) is 4.58. The molecular weight excluding hydrogens is 176 g/mol. The number of hydrogen-bond acceptors (Lipinski definition) is 3. The first-order valence-corrected chi connectivity index (χ1v) is 5.76. The summed E-state index contributed by atoms with van der Waals surface area (Å²) >= 11 is 0. The summed E-state index contributed by atoms with van der Waals surface area (Å²) < 4.78 is 5.73. The molecule has 1 heterocycles. The normalized spacial score (nSPS) is 23.6. The van der Waals surface area contributed by atoms with E-state index in [9.17, 15) is 0 Å². The summed E-state index contributed by atoms with van der Waals surface area (Å²) in [6, 6.07) is 0. The Labute approximate surface area is 87.6 Å². The van der Waals surface area contributed by atoms with Crippen molar-refractivity contribution in [1.82, 2.24) is 4.90 Å². The van der Waals surface area contributed by atoms with Crippen LogP contribution in [-0.2, 0) is 4.74 Å². The standard InChI is InChI=1S/C11H24N2O/c1-10(2)8-13-6-4-11(9-13)14-7-3-5-12/h10-11H,3-9,12H2,1-2H3. The van der Waals surface area contributed by atoms with Gasteiger partial charge in [-0.25, -0.2) is 0 Å². The molecule has 0 aliphatic carbocycles. The first-order chi connectivity index (χ1) is 6.72. The Balaban J connectivity index is 2.08. The molecule has 0 saturated carbocycles. The highest BCUT2D eigenvalue weighted by Crippen LogP contribution is 2.14. The van der Waals surface area contributed by atoms with E-state index in [0.29, 0.717) is 6.10 Å². The van der Waals surface area contributed by atoms with Crippen LogP contribution in [0.5, 0.6) is 0 Å². The van der Waals surface area contributed by atoms with E-state index in [0.717, 1.165) is 32.0 Å². The van der Waals surface area contributed by atoms with Gasteiger partial charge in [-0.05, 0) is 25.3 Å². The minimum atomic E-state index is 0.459. The topological polar surface area (TPSA) is 38.5 Å². The number of likely N-dealkylation sites (tertiary alicyclic amines) is 1. The fourth-order valence-electron chi connectivity index (χ4n) is 1.95. The highest BCUT2D eigenvalue weighted by molar-refractivity contribution is 4.76. The lowest BCUT2D eigenvalue weighted by Crippen LogP contribution is -2.27. The zero-order valence-corrected chi connectivity index (χ0v) is 9.54. The molecular formula is C11H24N2O. The van der Waals surface area contributed by atoms with Crippen LogP contribution < -0.4 is 5.73 Å². The summed E-state index contributed by atoms with van der Waals surface area (Å²) in [5.74, 6) is 0.762. The van der Waals surface area contributed by atoms with E-state index >= 15 is 0 Å². The second-order valence-corrected chi connectivity index (χ2v) is 4.58. The molecule has 1 fully saturated rings. The third-order valence-corrected chi connectivity index (χ3v) is 2.55. The van der Waals surface area contributed by atoms with E-state index in [1.165, 1.54) is 19.5 Å². The van der Waals surface area contributed by atoms with Crippen LogP contribution in [0.3, 0.4) is 0 Å². The van der Waals surface area contributed by atoms with Crippen LogP contribution in [0, 0.1) is 5.92 Å². The van der Waals surface area contributed by atoms with E-state index in [2.05, 4.69) is 18.7 Å². The molecule has 84 valence electrons. The number of nitrogens with zero attached hydrogens (tertiary/aromatic N) is 1. The fraction of sp³-hybridized carbons (Fsp3) is 1.00. The van der Waals surface area contributed by atoms with Gasteiger partial charge in [-0.3, -0.25) is 0 Å². The Morgan fingerprint density at radius 2 is 2.29 bits per heavy atom. The molecule has 2 N–H and O–H groups in total. The van der Waals surface area contributed by atoms with Gasteiger partial charge >= 0.3 is 0 Å². The van der Waals surface area contributed by atoms with Crippen LogP contribution in [0.25, 0.3) is 0 Å². The lowest BCUT2D eigenvalue weighted by atomic mass is 10.2. The molecule has 1 saturated heterocycles. The predicted molar refractivity (Wildman–Crippen MR) is 59.3 cm³/mol. The molecule has 1 rings (SSSR count). The van der Waals surface area contributed by atoms with E-state index in [-0.39, 0.29) is 0 Å². The van der Waals surface area contributed by atoms with Crippen molar-refractivity contribution in [2.24, 2.45) is 11.7 Å². The Morgan fingerprint density at radius 1 is 1.50 bits per heavy atom. The van der Waals surface area contributed by atoms with Gasteiger partial charge in [0, 0.05) is 26.2 Å². The quantitative estimate of drug-likeness (QED) is 0.652. The zero-order chi connectivity index (χ0) is 10.4. The molecule has 3 heteroatoms. The van der Waals surface area contributed by atoms with Crippen molar-refractivity contribution in [2.45, 2.75) is 32.8 Å². The van der Waals surface area contributed by atoms with Crippen molar-refractivity contribution >= 4 is 0 Å². The van der Waals surface area contributed by atoms with Gasteiger partial charge in [-0.2, -0.15) is 0 Å². The first kappa shape index (κ1) is 12.0. The molecule has 0 spiro atoms. The van der Waals surface area contributed by atoms with Crippen molar-refractivity contribution in [1.29, 1.82) is 0 Å². The van der Waals surface area contributed by atoms with E-state index in [4.69, 9.17) is 10.5 Å². The summed E-state index contributed by atoms with van der Waals surface area (Å²) in [7, 11) is 0. The third-order valence-electron chi connectivity index (χ3n) is 2.55. The predicted octanol–water partition coefficient (Wildman–Crippen LogP) is 1.08. The van der Waals surface area contributed by atoms with Gasteiger partial charge in [0.1, 0.15) is 0 Å². The maximum atomic E-state index is 5.73. The smallest absolute Gasteiger partial charge is 0.0714 e. The second kappa shape index (κ2) is 6.38. The van der Waals surface area contributed by atoms with Crippen LogP contribution in [-0.4, -0.2) is 43.8 Å². The Hall–Kier alpha value is -0.120. The minimum absolute atomic E-state index is 0.459. The maximum Gasteiger partial charge on any atom is 0.0714 e. The Bertz CT molecular complexity index is 150. The third kappa shape index (κ3) is 4.40. The summed E-state index contributed by atoms with van der Waals surface area (Å²) in [5.41, 5.74) is 5.42. The largest absolute Gasteiger partial charge is 0.377 e. The van der Waals surface area contributed by atoms with Gasteiger partial charge in [0.2, 0.25) is 0 Å². The van der Waals surface area contributed by atoms with E-state index in [1.807, 2.05) is 0 Å². The lowest BCUT2D eigenvalue weighted by Gasteiger charge is -2.18. The molecule has 0 aromatic carbocycles. The van der Waals surface area contributed by atoms with Crippen molar-refractivity contribution in [3.63, 3.8) is 0 Å².